The summed E-state index contributed by atoms with van der Waals surface area (Å²) in [7, 11) is 3.83. The lowest BCUT2D eigenvalue weighted by molar-refractivity contribution is 0.0682. The molecule has 0 spiro atoms. The van der Waals surface area contributed by atoms with Crippen LogP contribution < -0.4 is 4.74 Å². The number of rotatable bonds is 3. The smallest absolute Gasteiger partial charge is 0.257 e. The summed E-state index contributed by atoms with van der Waals surface area (Å²) in [5.41, 5.74) is 2.72. The second-order valence-corrected chi connectivity index (χ2v) is 8.62. The maximum absolute atomic E-state index is 13.1. The van der Waals surface area contributed by atoms with Crippen molar-refractivity contribution in [2.45, 2.75) is 37.8 Å². The Morgan fingerprint density at radius 3 is 2.71 bits per heavy atom. The molecule has 6 nitrogen and oxygen atoms in total. The number of benzene rings is 1. The van der Waals surface area contributed by atoms with Gasteiger partial charge in [0.05, 0.1) is 17.8 Å². The van der Waals surface area contributed by atoms with Gasteiger partial charge in [-0.25, -0.2) is 0 Å². The summed E-state index contributed by atoms with van der Waals surface area (Å²) < 4.78 is 8.24. The molecule has 2 fully saturated rings. The van der Waals surface area contributed by atoms with Crippen LogP contribution in [0, 0.1) is 5.92 Å². The van der Waals surface area contributed by atoms with Crippen molar-refractivity contribution in [2.75, 3.05) is 26.7 Å². The van der Waals surface area contributed by atoms with Crippen molar-refractivity contribution in [1.82, 2.24) is 19.6 Å². The molecule has 6 heteroatoms. The first-order valence-corrected chi connectivity index (χ1v) is 10.4. The van der Waals surface area contributed by atoms with Crippen molar-refractivity contribution in [3.05, 3.63) is 36.2 Å². The molecular formula is C22H28N4O2. The van der Waals surface area contributed by atoms with Gasteiger partial charge in [-0.15, -0.1) is 0 Å². The monoisotopic (exact) mass is 380 g/mol. The molecule has 1 aliphatic carbocycles. The molecule has 28 heavy (non-hydrogen) atoms. The normalized spacial score (nSPS) is 25.5. The average molecular weight is 380 g/mol. The number of aryl methyl sites for hydroxylation is 1. The van der Waals surface area contributed by atoms with E-state index in [4.69, 9.17) is 4.74 Å². The zero-order chi connectivity index (χ0) is 19.3. The molecule has 1 amide bonds. The zero-order valence-electron chi connectivity index (χ0n) is 16.7. The molecule has 1 aromatic heterocycles. The van der Waals surface area contributed by atoms with Gasteiger partial charge in [0, 0.05) is 45.5 Å². The molecule has 0 radical (unpaired) electrons. The summed E-state index contributed by atoms with van der Waals surface area (Å²) in [5, 5.41) is 4.26. The lowest BCUT2D eigenvalue weighted by Gasteiger charge is -2.25. The van der Waals surface area contributed by atoms with E-state index in [1.807, 2.05) is 49.6 Å². The standard InChI is InChI=1S/C22H28N4O2/c1-24-12-17(10-23-24)16-7-8-18-20(9-16)28-21-14-26(11-15-5-3-4-6-15)13-19(21)25(2)22(18)27/h7-10,12,15,19,21H,3-6,11,13-14H2,1-2H3. The lowest BCUT2D eigenvalue weighted by atomic mass is 10.1. The van der Waals surface area contributed by atoms with Crippen LogP contribution >= 0.6 is 0 Å². The molecule has 1 saturated carbocycles. The van der Waals surface area contributed by atoms with Crippen LogP contribution in [-0.2, 0) is 7.05 Å². The Kier molecular flexibility index (Phi) is 4.38. The summed E-state index contributed by atoms with van der Waals surface area (Å²) in [5.74, 6) is 1.57. The van der Waals surface area contributed by atoms with Gasteiger partial charge in [-0.05, 0) is 36.5 Å². The molecule has 3 heterocycles. The van der Waals surface area contributed by atoms with Gasteiger partial charge in [-0.3, -0.25) is 14.4 Å². The van der Waals surface area contributed by atoms with Crippen molar-refractivity contribution in [2.24, 2.45) is 13.0 Å². The maximum atomic E-state index is 13.1. The molecule has 2 atom stereocenters. The molecule has 2 aromatic rings. The summed E-state index contributed by atoms with van der Waals surface area (Å²) >= 11 is 0. The van der Waals surface area contributed by atoms with Gasteiger partial charge < -0.3 is 9.64 Å². The van der Waals surface area contributed by atoms with E-state index in [1.165, 1.54) is 25.7 Å². The van der Waals surface area contributed by atoms with Crippen LogP contribution in [0.15, 0.2) is 30.6 Å². The summed E-state index contributed by atoms with van der Waals surface area (Å²) in [6.45, 7) is 2.95. The SMILES string of the molecule is CN1C(=O)c2ccc(-c3cnn(C)c3)cc2OC2CN(CC3CCCC3)CC21. The minimum absolute atomic E-state index is 0.0285. The van der Waals surface area contributed by atoms with E-state index in [1.54, 1.807) is 4.68 Å². The van der Waals surface area contributed by atoms with E-state index in [-0.39, 0.29) is 18.1 Å². The Balaban J connectivity index is 1.41. The fourth-order valence-electron chi connectivity index (χ4n) is 5.08. The molecule has 2 aliphatic heterocycles. The van der Waals surface area contributed by atoms with Crippen LogP contribution in [0.2, 0.25) is 0 Å². The minimum atomic E-state index is 0.0285. The first-order valence-electron chi connectivity index (χ1n) is 10.4. The summed E-state index contributed by atoms with van der Waals surface area (Å²) in [6.07, 6.45) is 9.27. The summed E-state index contributed by atoms with van der Waals surface area (Å²) in [4.78, 5) is 17.5. The van der Waals surface area contributed by atoms with Crippen molar-refractivity contribution in [3.63, 3.8) is 0 Å². The first kappa shape index (κ1) is 17.7. The quantitative estimate of drug-likeness (QED) is 0.822. The van der Waals surface area contributed by atoms with Crippen LogP contribution in [0.25, 0.3) is 11.1 Å². The number of carbonyl (C=O) groups excluding carboxylic acids is 1. The Labute approximate surface area is 166 Å². The molecule has 0 N–H and O–H groups in total. The topological polar surface area (TPSA) is 50.6 Å². The lowest BCUT2D eigenvalue weighted by Crippen LogP contribution is -2.44. The van der Waals surface area contributed by atoms with Gasteiger partial charge in [0.1, 0.15) is 11.9 Å². The second kappa shape index (κ2) is 6.92. The van der Waals surface area contributed by atoms with Crippen molar-refractivity contribution >= 4 is 5.91 Å². The highest BCUT2D eigenvalue weighted by Crippen LogP contribution is 2.35. The fourth-order valence-corrected chi connectivity index (χ4v) is 5.08. The van der Waals surface area contributed by atoms with E-state index in [2.05, 4.69) is 10.00 Å². The van der Waals surface area contributed by atoms with Crippen LogP contribution in [0.3, 0.4) is 0 Å². The minimum Gasteiger partial charge on any atom is -0.486 e. The van der Waals surface area contributed by atoms with Gasteiger partial charge in [0.15, 0.2) is 0 Å². The summed E-state index contributed by atoms with van der Waals surface area (Å²) in [6, 6.07) is 6.00. The van der Waals surface area contributed by atoms with Crippen molar-refractivity contribution < 1.29 is 9.53 Å². The molecular weight excluding hydrogens is 352 g/mol. The predicted molar refractivity (Wildman–Crippen MR) is 107 cm³/mol. The maximum Gasteiger partial charge on any atom is 0.257 e. The largest absolute Gasteiger partial charge is 0.486 e. The first-order chi connectivity index (χ1) is 13.6. The highest BCUT2D eigenvalue weighted by atomic mass is 16.5. The molecule has 148 valence electrons. The van der Waals surface area contributed by atoms with Gasteiger partial charge in [-0.2, -0.15) is 5.10 Å². The number of nitrogens with zero attached hydrogens (tertiary/aromatic N) is 4. The van der Waals surface area contributed by atoms with Crippen LogP contribution in [0.5, 0.6) is 5.75 Å². The van der Waals surface area contributed by atoms with E-state index >= 15 is 0 Å². The number of carbonyl (C=O) groups is 1. The second-order valence-electron chi connectivity index (χ2n) is 8.62. The predicted octanol–water partition coefficient (Wildman–Crippen LogP) is 2.79. The molecule has 3 aliphatic rings. The molecule has 0 bridgehead atoms. The van der Waals surface area contributed by atoms with Crippen LogP contribution in [0.4, 0.5) is 0 Å². The van der Waals surface area contributed by atoms with Gasteiger partial charge >= 0.3 is 0 Å². The third-order valence-electron chi connectivity index (χ3n) is 6.65. The molecule has 1 aromatic carbocycles. The van der Waals surface area contributed by atoms with Crippen LogP contribution in [-0.4, -0.2) is 64.3 Å². The van der Waals surface area contributed by atoms with Crippen molar-refractivity contribution in [3.8, 4) is 16.9 Å². The van der Waals surface area contributed by atoms with E-state index in [9.17, 15) is 4.79 Å². The van der Waals surface area contributed by atoms with Crippen LogP contribution in [0.1, 0.15) is 36.0 Å². The van der Waals surface area contributed by atoms with E-state index in [0.717, 1.165) is 36.7 Å². The number of hydrogen-bond acceptors (Lipinski definition) is 4. The van der Waals surface area contributed by atoms with Gasteiger partial charge in [-0.1, -0.05) is 18.9 Å². The van der Waals surface area contributed by atoms with E-state index in [0.29, 0.717) is 11.3 Å². The third kappa shape index (κ3) is 3.09. The van der Waals surface area contributed by atoms with E-state index < -0.39 is 0 Å². The number of ether oxygens (including phenoxy) is 1. The highest BCUT2D eigenvalue weighted by Gasteiger charge is 2.42. The zero-order valence-corrected chi connectivity index (χ0v) is 16.7. The Bertz CT molecular complexity index is 886. The molecule has 2 unspecified atom stereocenters. The Hall–Kier alpha value is -2.34. The molecule has 5 rings (SSSR count). The number of amides is 1. The Morgan fingerprint density at radius 1 is 1.14 bits per heavy atom. The Morgan fingerprint density at radius 2 is 1.96 bits per heavy atom. The van der Waals surface area contributed by atoms with Gasteiger partial charge in [0.2, 0.25) is 0 Å². The molecule has 1 saturated heterocycles. The number of aromatic nitrogens is 2. The number of likely N-dealkylation sites (tertiary alicyclic amines) is 1. The third-order valence-corrected chi connectivity index (χ3v) is 6.65. The average Bonchev–Trinajstić information content (AvgIpc) is 3.42. The highest BCUT2D eigenvalue weighted by molar-refractivity contribution is 5.98. The number of likely N-dealkylation sites (N-methyl/N-ethyl adjacent to an activating group) is 1. The number of fused-ring (bicyclic) bond motifs is 2. The van der Waals surface area contributed by atoms with Crippen molar-refractivity contribution in [1.29, 1.82) is 0 Å². The fraction of sp³-hybridized carbons (Fsp3) is 0.545. The van der Waals surface area contributed by atoms with Gasteiger partial charge in [0.25, 0.3) is 5.91 Å². The number of hydrogen-bond donors (Lipinski definition) is 0.